The molecule has 0 bridgehead atoms. The first kappa shape index (κ1) is 10.7. The van der Waals surface area contributed by atoms with E-state index in [9.17, 15) is 13.2 Å². The summed E-state index contributed by atoms with van der Waals surface area (Å²) in [4.78, 5) is 7.76. The van der Waals surface area contributed by atoms with Crippen molar-refractivity contribution >= 4 is 5.82 Å². The van der Waals surface area contributed by atoms with Gasteiger partial charge in [0.05, 0.1) is 0 Å². The van der Waals surface area contributed by atoms with E-state index in [1.807, 2.05) is 0 Å². The van der Waals surface area contributed by atoms with Gasteiger partial charge in [0, 0.05) is 11.8 Å². The summed E-state index contributed by atoms with van der Waals surface area (Å²) in [6.07, 6.45) is -4.23. The van der Waals surface area contributed by atoms with Gasteiger partial charge in [0.2, 0.25) is 0 Å². The van der Waals surface area contributed by atoms with Crippen LogP contribution >= 0.6 is 0 Å². The van der Waals surface area contributed by atoms with Gasteiger partial charge >= 0.3 is 6.18 Å². The Morgan fingerprint density at radius 2 is 1.93 bits per heavy atom. The van der Waals surface area contributed by atoms with Gasteiger partial charge in [-0.1, -0.05) is 0 Å². The first-order valence-electron chi connectivity index (χ1n) is 4.00. The lowest BCUT2D eigenvalue weighted by Gasteiger charge is -2.09. The van der Waals surface area contributed by atoms with E-state index >= 15 is 0 Å². The van der Waals surface area contributed by atoms with Crippen LogP contribution in [0.25, 0.3) is 0 Å². The van der Waals surface area contributed by atoms with Crippen molar-refractivity contribution in [2.24, 2.45) is 0 Å². The fourth-order valence-electron chi connectivity index (χ4n) is 0.998. The minimum Gasteiger partial charge on any atom is -0.361 e. The maximum absolute atomic E-state index is 11.8. The molecule has 0 saturated heterocycles. The summed E-state index contributed by atoms with van der Waals surface area (Å²) in [5.41, 5.74) is 0.641. The van der Waals surface area contributed by atoms with Gasteiger partial charge in [-0.3, -0.25) is 0 Å². The fourth-order valence-corrected chi connectivity index (χ4v) is 0.998. The van der Waals surface area contributed by atoms with Gasteiger partial charge in [-0.05, 0) is 13.8 Å². The molecule has 0 saturated carbocycles. The zero-order valence-corrected chi connectivity index (χ0v) is 7.81. The summed E-state index contributed by atoms with van der Waals surface area (Å²) in [5, 5.41) is 2.19. The van der Waals surface area contributed by atoms with Crippen molar-refractivity contribution in [3.05, 3.63) is 17.6 Å². The smallest absolute Gasteiger partial charge is 0.361 e. The molecule has 78 valence electrons. The molecule has 0 aliphatic carbocycles. The topological polar surface area (TPSA) is 37.8 Å². The Morgan fingerprint density at radius 1 is 1.29 bits per heavy atom. The summed E-state index contributed by atoms with van der Waals surface area (Å²) in [6, 6.07) is 1.47. The maximum Gasteiger partial charge on any atom is 0.405 e. The second kappa shape index (κ2) is 3.81. The average molecular weight is 205 g/mol. The first-order chi connectivity index (χ1) is 6.37. The van der Waals surface area contributed by atoms with Crippen LogP contribution in [0.15, 0.2) is 6.07 Å². The third-order valence-electron chi connectivity index (χ3n) is 1.44. The number of anilines is 1. The van der Waals surface area contributed by atoms with Crippen molar-refractivity contribution in [1.82, 2.24) is 9.97 Å². The van der Waals surface area contributed by atoms with Crippen molar-refractivity contribution in [1.29, 1.82) is 0 Å². The number of hydrogen-bond donors (Lipinski definition) is 1. The van der Waals surface area contributed by atoms with Gasteiger partial charge in [-0.25, -0.2) is 9.97 Å². The molecule has 0 atom stereocenters. The number of nitrogens with zero attached hydrogens (tertiary/aromatic N) is 2. The molecular weight excluding hydrogens is 195 g/mol. The highest BCUT2D eigenvalue weighted by Gasteiger charge is 2.26. The summed E-state index contributed by atoms with van der Waals surface area (Å²) in [6.45, 7) is 2.25. The van der Waals surface area contributed by atoms with E-state index in [-0.39, 0.29) is 5.82 Å². The Bertz CT molecular complexity index is 302. The van der Waals surface area contributed by atoms with Crippen LogP contribution in [0.5, 0.6) is 0 Å². The highest BCUT2D eigenvalue weighted by atomic mass is 19.4. The van der Waals surface area contributed by atoms with Crippen LogP contribution in [-0.4, -0.2) is 22.7 Å². The zero-order valence-electron chi connectivity index (χ0n) is 7.81. The third kappa shape index (κ3) is 3.59. The van der Waals surface area contributed by atoms with Crippen LogP contribution in [0.4, 0.5) is 19.0 Å². The molecule has 0 aliphatic rings. The molecule has 0 amide bonds. The minimum atomic E-state index is -4.23. The Morgan fingerprint density at radius 3 is 2.43 bits per heavy atom. The van der Waals surface area contributed by atoms with Crippen LogP contribution in [0.3, 0.4) is 0 Å². The van der Waals surface area contributed by atoms with E-state index in [0.717, 1.165) is 0 Å². The molecule has 6 heteroatoms. The van der Waals surface area contributed by atoms with E-state index in [1.54, 1.807) is 13.8 Å². The number of aromatic nitrogens is 2. The number of nitrogens with one attached hydrogen (secondary N) is 1. The largest absolute Gasteiger partial charge is 0.405 e. The molecule has 0 aliphatic heterocycles. The highest BCUT2D eigenvalue weighted by molar-refractivity contribution is 5.35. The quantitative estimate of drug-likeness (QED) is 0.803. The summed E-state index contributed by atoms with van der Waals surface area (Å²) in [5.74, 6) is 0.655. The van der Waals surface area contributed by atoms with Crippen molar-refractivity contribution in [2.45, 2.75) is 20.0 Å². The molecule has 0 aromatic carbocycles. The SMILES string of the molecule is Cc1cc(NCC(F)(F)F)nc(C)n1. The van der Waals surface area contributed by atoms with E-state index < -0.39 is 12.7 Å². The lowest BCUT2D eigenvalue weighted by molar-refractivity contribution is -0.115. The molecule has 0 fully saturated rings. The molecule has 1 aromatic heterocycles. The van der Waals surface area contributed by atoms with Crippen LogP contribution in [0.2, 0.25) is 0 Å². The molecular formula is C8H10F3N3. The Hall–Kier alpha value is -1.33. The summed E-state index contributed by atoms with van der Waals surface area (Å²) in [7, 11) is 0. The number of halogens is 3. The van der Waals surface area contributed by atoms with Crippen LogP contribution in [0.1, 0.15) is 11.5 Å². The molecule has 3 nitrogen and oxygen atoms in total. The summed E-state index contributed by atoms with van der Waals surface area (Å²) >= 11 is 0. The first-order valence-corrected chi connectivity index (χ1v) is 4.00. The van der Waals surface area contributed by atoms with Gasteiger partial charge < -0.3 is 5.32 Å². The molecule has 0 spiro atoms. The van der Waals surface area contributed by atoms with E-state index in [0.29, 0.717) is 11.5 Å². The predicted molar refractivity (Wildman–Crippen MR) is 46.1 cm³/mol. The number of hydrogen-bond acceptors (Lipinski definition) is 3. The minimum absolute atomic E-state index is 0.201. The lowest BCUT2D eigenvalue weighted by Crippen LogP contribution is -2.22. The number of alkyl halides is 3. The van der Waals surface area contributed by atoms with Gasteiger partial charge in [-0.15, -0.1) is 0 Å². The predicted octanol–water partition coefficient (Wildman–Crippen LogP) is 2.07. The highest BCUT2D eigenvalue weighted by Crippen LogP contribution is 2.15. The van der Waals surface area contributed by atoms with E-state index in [1.165, 1.54) is 6.07 Å². The second-order valence-electron chi connectivity index (χ2n) is 2.91. The molecule has 14 heavy (non-hydrogen) atoms. The zero-order chi connectivity index (χ0) is 10.8. The van der Waals surface area contributed by atoms with Crippen LogP contribution in [-0.2, 0) is 0 Å². The number of rotatable bonds is 2. The van der Waals surface area contributed by atoms with Crippen molar-refractivity contribution in [3.8, 4) is 0 Å². The standard InChI is InChI=1S/C8H10F3N3/c1-5-3-7(14-6(2)13-5)12-4-8(9,10)11/h3H,4H2,1-2H3,(H,12,13,14). The van der Waals surface area contributed by atoms with Crippen LogP contribution in [0, 0.1) is 13.8 Å². The molecule has 0 radical (unpaired) electrons. The second-order valence-corrected chi connectivity index (χ2v) is 2.91. The molecule has 1 heterocycles. The lowest BCUT2D eigenvalue weighted by atomic mass is 10.4. The van der Waals surface area contributed by atoms with E-state index in [4.69, 9.17) is 0 Å². The summed E-state index contributed by atoms with van der Waals surface area (Å²) < 4.78 is 35.5. The van der Waals surface area contributed by atoms with Crippen molar-refractivity contribution in [2.75, 3.05) is 11.9 Å². The third-order valence-corrected chi connectivity index (χ3v) is 1.44. The Balaban J connectivity index is 2.68. The van der Waals surface area contributed by atoms with Crippen molar-refractivity contribution in [3.63, 3.8) is 0 Å². The molecule has 1 rings (SSSR count). The normalized spacial score (nSPS) is 11.5. The monoisotopic (exact) mass is 205 g/mol. The molecule has 0 unspecified atom stereocenters. The van der Waals surface area contributed by atoms with Crippen molar-refractivity contribution < 1.29 is 13.2 Å². The van der Waals surface area contributed by atoms with Gasteiger partial charge in [0.25, 0.3) is 0 Å². The average Bonchev–Trinajstić information content (AvgIpc) is 1.97. The Kier molecular flexibility index (Phi) is 2.93. The molecule has 1 N–H and O–H groups in total. The fraction of sp³-hybridized carbons (Fsp3) is 0.500. The van der Waals surface area contributed by atoms with Crippen LogP contribution < -0.4 is 5.32 Å². The van der Waals surface area contributed by atoms with Gasteiger partial charge in [0.1, 0.15) is 18.2 Å². The Labute approximate surface area is 79.4 Å². The molecule has 1 aromatic rings. The van der Waals surface area contributed by atoms with E-state index in [2.05, 4.69) is 15.3 Å². The maximum atomic E-state index is 11.8. The van der Waals surface area contributed by atoms with Gasteiger partial charge in [0.15, 0.2) is 0 Å². The van der Waals surface area contributed by atoms with Gasteiger partial charge in [-0.2, -0.15) is 13.2 Å². The number of aryl methyl sites for hydroxylation is 2.